The molecular weight excluding hydrogens is 1260 g/mol. The number of rotatable bonds is 27. The van der Waals surface area contributed by atoms with E-state index in [1.54, 1.807) is 51.1 Å². The predicted octanol–water partition coefficient (Wildman–Crippen LogP) is 1.63. The van der Waals surface area contributed by atoms with E-state index < -0.39 is 202 Å². The molecule has 29 heteroatoms. The Balaban J connectivity index is 0.950. The molecule has 29 nitrogen and oxygen atoms in total. The third-order valence-electron chi connectivity index (χ3n) is 18.1. The average Bonchev–Trinajstić information content (AvgIpc) is 1.20. The van der Waals surface area contributed by atoms with Crippen molar-refractivity contribution >= 4 is 76.4 Å². The molecule has 3 heterocycles. The van der Waals surface area contributed by atoms with Crippen LogP contribution in [0.15, 0.2) is 48.5 Å². The van der Waals surface area contributed by atoms with Crippen LogP contribution in [0.2, 0.25) is 0 Å². The van der Waals surface area contributed by atoms with E-state index in [1.165, 1.54) is 71.8 Å². The van der Waals surface area contributed by atoms with Crippen LogP contribution in [0.5, 0.6) is 17.2 Å². The number of phenolic OH excluding ortho intramolecular Hbond substituents is 2. The fourth-order valence-electron chi connectivity index (χ4n) is 13.4. The van der Waals surface area contributed by atoms with E-state index in [0.29, 0.717) is 12.0 Å². The Bertz CT molecular complexity index is 3670. The molecule has 0 bridgehead atoms. The molecular formula is C67H82N6O23. The van der Waals surface area contributed by atoms with Crippen molar-refractivity contribution in [3.05, 3.63) is 87.5 Å². The Hall–Kier alpha value is -9.03. The number of fused-ring (bicyclic) bond motifs is 3. The summed E-state index contributed by atoms with van der Waals surface area (Å²) >= 11 is 0. The van der Waals surface area contributed by atoms with Crippen LogP contribution in [0.1, 0.15) is 168 Å². The lowest BCUT2D eigenvalue weighted by Crippen LogP contribution is -2.57. The number of ether oxygens (including phenoxy) is 4. The first-order valence-corrected chi connectivity index (χ1v) is 31.6. The number of aromatic hydroxyl groups is 2. The maximum Gasteiger partial charge on any atom is 0.399 e. The maximum atomic E-state index is 14.8. The number of imide groups is 1. The molecule has 2 aliphatic carbocycles. The van der Waals surface area contributed by atoms with Crippen molar-refractivity contribution in [3.63, 3.8) is 0 Å². The molecule has 3 fully saturated rings. The molecule has 0 saturated carbocycles. The summed E-state index contributed by atoms with van der Waals surface area (Å²) in [4.78, 5) is 184. The Morgan fingerprint density at radius 1 is 0.823 bits per heavy atom. The summed E-state index contributed by atoms with van der Waals surface area (Å²) in [5.74, 6) is -14.0. The van der Waals surface area contributed by atoms with E-state index in [0.717, 1.165) is 0 Å². The number of ketones is 4. The van der Waals surface area contributed by atoms with Crippen molar-refractivity contribution in [3.8, 4) is 17.2 Å². The van der Waals surface area contributed by atoms with E-state index in [9.17, 15) is 87.9 Å². The lowest BCUT2D eigenvalue weighted by molar-refractivity contribution is -0.249. The van der Waals surface area contributed by atoms with E-state index in [4.69, 9.17) is 23.8 Å². The standard InChI is InChI=1S/C67H82N6O23/c1-11-22-93-62(90)64(7,8)31-65(9,30-63(5,6)57(85)59(87)96-73-44(77)20-21-45(73)78)60(88)69-28-46(79)72-32-67(72,35-16-13-12-14-17-35)61(89)71-39(23-33(2)3)58(86)68-27-43(76)70-38-24-47(94-34(4)52(38)80)95-41-26-66(91,42(75)29-74)25-37-49(41)56(84)51-50(54(37)82)53(81)36-18-15-19-40(92-10)48(36)55(51)83/h12-19,33-34,38-39,41,47,52,74,80,82,84,91H,11,20-32H2,1-10H3,(H,68,86)(H,69,88)(H,70,76)(H,71,89)/t34?,38?,39?,41-,47?,52?,65?,66-,67?,72?/m0/s1. The number of carbonyl (C=O) groups is 13. The molecule has 3 aromatic rings. The van der Waals surface area contributed by atoms with Gasteiger partial charge in [-0.25, -0.2) is 4.79 Å². The molecule has 9 atom stereocenters. The highest BCUT2D eigenvalue weighted by Crippen LogP contribution is 2.53. The van der Waals surface area contributed by atoms with Crippen molar-refractivity contribution in [2.45, 2.75) is 168 Å². The van der Waals surface area contributed by atoms with Gasteiger partial charge in [0, 0.05) is 59.6 Å². The van der Waals surface area contributed by atoms with Crippen molar-refractivity contribution in [1.82, 2.24) is 31.2 Å². The third-order valence-corrected chi connectivity index (χ3v) is 18.1. The molecule has 518 valence electrons. The molecule has 7 amide bonds. The van der Waals surface area contributed by atoms with Gasteiger partial charge in [0.25, 0.3) is 17.7 Å². The second kappa shape index (κ2) is 28.3. The van der Waals surface area contributed by atoms with Gasteiger partial charge in [0.2, 0.25) is 35.2 Å². The Morgan fingerprint density at radius 3 is 2.09 bits per heavy atom. The Morgan fingerprint density at radius 2 is 1.47 bits per heavy atom. The zero-order chi connectivity index (χ0) is 70.9. The predicted molar refractivity (Wildman–Crippen MR) is 331 cm³/mol. The van der Waals surface area contributed by atoms with E-state index in [2.05, 4.69) is 21.3 Å². The number of aliphatic hydroxyl groups excluding tert-OH is 2. The van der Waals surface area contributed by atoms with Crippen molar-refractivity contribution in [1.29, 1.82) is 0 Å². The molecule has 0 radical (unpaired) electrons. The first-order chi connectivity index (χ1) is 45.0. The monoisotopic (exact) mass is 1340 g/mol. The normalized spacial score (nSPS) is 23.1. The van der Waals surface area contributed by atoms with Crippen LogP contribution in [0, 0.1) is 22.2 Å². The molecule has 3 saturated heterocycles. The third kappa shape index (κ3) is 14.5. The van der Waals surface area contributed by atoms with Crippen molar-refractivity contribution in [2.75, 3.05) is 40.0 Å². The minimum Gasteiger partial charge on any atom is -0.507 e. The molecule has 0 aromatic heterocycles. The van der Waals surface area contributed by atoms with Gasteiger partial charge in [-0.05, 0) is 64.0 Å². The van der Waals surface area contributed by atoms with Gasteiger partial charge in [0.1, 0.15) is 41.6 Å². The number of nitrogens with one attached hydrogen (secondary N) is 4. The molecule has 7 unspecified atom stereocenters. The first kappa shape index (κ1) is 72.8. The highest BCUT2D eigenvalue weighted by molar-refractivity contribution is 6.36. The molecule has 3 aliphatic heterocycles. The first-order valence-electron chi connectivity index (χ1n) is 31.6. The highest BCUT2D eigenvalue weighted by atomic mass is 16.7. The van der Waals surface area contributed by atoms with Crippen LogP contribution in [-0.2, 0) is 83.7 Å². The number of hydrogen-bond donors (Lipinski definition) is 9. The topological polar surface area (TPSA) is 424 Å². The van der Waals surface area contributed by atoms with Gasteiger partial charge in [0.05, 0.1) is 73.7 Å². The SMILES string of the molecule is CCCOC(=O)C(C)(C)CC(C)(CC(C)(C)C(=O)C(=O)ON1C(=O)CCC1=O)C(=O)NCC(=O)N1CC1(C(=O)NC(CC(C)C)C(=O)NCC(=O)NC1CC(O[C@H]2C[C@](O)(C(=O)CO)Cc3c(O)c4c(c(O)c32)C(=O)c2c(OC)cccc2C4=O)OC(C)C1O)c1ccccc1. The molecule has 0 spiro atoms. The number of carbonyl (C=O) groups excluding carboxylic acids is 13. The number of phenols is 2. The average molecular weight is 1340 g/mol. The van der Waals surface area contributed by atoms with Gasteiger partial charge in [-0.3, -0.25) is 57.5 Å². The number of aliphatic hydroxyl groups is 3. The summed E-state index contributed by atoms with van der Waals surface area (Å²) in [6.07, 6.45) is -8.13. The van der Waals surface area contributed by atoms with Crippen LogP contribution >= 0.6 is 0 Å². The number of esters is 1. The zero-order valence-electron chi connectivity index (χ0n) is 55.0. The molecule has 9 N–H and O–H groups in total. The number of hydrogen-bond acceptors (Lipinski definition) is 23. The minimum atomic E-state index is -2.48. The largest absolute Gasteiger partial charge is 0.507 e. The van der Waals surface area contributed by atoms with Gasteiger partial charge in [-0.15, -0.1) is 5.06 Å². The summed E-state index contributed by atoms with van der Waals surface area (Å²) in [7, 11) is 1.26. The number of benzene rings is 3. The molecule has 8 rings (SSSR count). The summed E-state index contributed by atoms with van der Waals surface area (Å²) in [6, 6.07) is 9.73. The van der Waals surface area contributed by atoms with Gasteiger partial charge in [0.15, 0.2) is 23.4 Å². The van der Waals surface area contributed by atoms with Crippen molar-refractivity contribution in [2.24, 2.45) is 22.2 Å². The van der Waals surface area contributed by atoms with Gasteiger partial charge >= 0.3 is 11.9 Å². The summed E-state index contributed by atoms with van der Waals surface area (Å²) < 4.78 is 23.1. The van der Waals surface area contributed by atoms with E-state index >= 15 is 0 Å². The Labute approximate surface area is 552 Å². The van der Waals surface area contributed by atoms with Gasteiger partial charge < -0.3 is 75.5 Å². The number of amides is 7. The Kier molecular flexibility index (Phi) is 21.5. The summed E-state index contributed by atoms with van der Waals surface area (Å²) in [5.41, 5.74) is -11.0. The number of Topliss-reactive ketones (excluding diaryl/α,β-unsaturated/α-hetero) is 2. The number of hydroxylamine groups is 2. The molecule has 96 heavy (non-hydrogen) atoms. The van der Waals surface area contributed by atoms with Crippen molar-refractivity contribution < 1.29 is 112 Å². The quantitative estimate of drug-likeness (QED) is 0.0135. The highest BCUT2D eigenvalue weighted by Gasteiger charge is 2.63. The smallest absolute Gasteiger partial charge is 0.399 e. The number of nitrogens with zero attached hydrogens (tertiary/aromatic N) is 2. The summed E-state index contributed by atoms with van der Waals surface area (Å²) in [6.45, 7) is 11.1. The van der Waals surface area contributed by atoms with Crippen LogP contribution < -0.4 is 26.0 Å². The molecule has 5 aliphatic rings. The minimum absolute atomic E-state index is 0.00711. The molecule has 3 aromatic carbocycles. The van der Waals surface area contributed by atoms with E-state index in [-0.39, 0.29) is 84.2 Å². The fraction of sp³-hybridized carbons (Fsp3) is 0.537. The van der Waals surface area contributed by atoms with Crippen LogP contribution in [0.25, 0.3) is 0 Å². The lowest BCUT2D eigenvalue weighted by Gasteiger charge is -2.43. The number of methoxy groups -OCH3 is 1. The zero-order valence-corrected chi connectivity index (χ0v) is 55.0. The van der Waals surface area contributed by atoms with Gasteiger partial charge in [-0.2, -0.15) is 0 Å². The summed E-state index contributed by atoms with van der Waals surface area (Å²) in [5, 5.41) is 67.6. The maximum absolute atomic E-state index is 14.8. The van der Waals surface area contributed by atoms with Gasteiger partial charge in [-0.1, -0.05) is 84.0 Å². The van der Waals surface area contributed by atoms with E-state index in [1.807, 2.05) is 0 Å². The van der Waals surface area contributed by atoms with Crippen LogP contribution in [0.3, 0.4) is 0 Å². The second-order valence-electron chi connectivity index (χ2n) is 27.0. The van der Waals surface area contributed by atoms with Crippen LogP contribution in [-0.4, -0.2) is 188 Å². The second-order valence-corrected chi connectivity index (χ2v) is 27.0. The fourth-order valence-corrected chi connectivity index (χ4v) is 13.4. The van der Waals surface area contributed by atoms with Crippen LogP contribution in [0.4, 0.5) is 0 Å². The lowest BCUT2D eigenvalue weighted by atomic mass is 9.65.